The van der Waals surface area contributed by atoms with Crippen LogP contribution >= 0.6 is 12.4 Å². The maximum absolute atomic E-state index is 5.55. The van der Waals surface area contributed by atoms with Crippen LogP contribution in [-0.4, -0.2) is 6.54 Å². The molecule has 0 aliphatic carbocycles. The average Bonchev–Trinajstić information content (AvgIpc) is 2.37. The van der Waals surface area contributed by atoms with Crippen LogP contribution in [0.15, 0.2) is 23.0 Å². The van der Waals surface area contributed by atoms with E-state index in [2.05, 4.69) is 0 Å². The van der Waals surface area contributed by atoms with Crippen molar-refractivity contribution in [3.05, 3.63) is 24.2 Å². The zero-order valence-electron chi connectivity index (χ0n) is 5.49. The Bertz CT molecular complexity index is 164. The Labute approximate surface area is 65.8 Å². The minimum absolute atomic E-state index is 0. The van der Waals surface area contributed by atoms with Crippen molar-refractivity contribution in [1.82, 2.24) is 0 Å². The van der Waals surface area contributed by atoms with Gasteiger partial charge in [0.25, 0.3) is 0 Å². The first-order chi connectivity index (χ1) is 4.34. The summed E-state index contributed by atoms with van der Waals surface area (Å²) in [6.45, 7) is 0.458. The highest BCUT2D eigenvalue weighted by atomic mass is 35.5. The standard InChI is InChI=1S/C6H10N2O.ClH/c7-3-6(8)5-1-2-9-4-5;/h1-2,4,6H,3,7-8H2;1H/t6-;/m1./s1. The number of hydrogen-bond donors (Lipinski definition) is 2. The molecule has 0 saturated carbocycles. The molecule has 1 heterocycles. The van der Waals surface area contributed by atoms with Crippen molar-refractivity contribution in [1.29, 1.82) is 0 Å². The van der Waals surface area contributed by atoms with Crippen molar-refractivity contribution in [2.45, 2.75) is 6.04 Å². The lowest BCUT2D eigenvalue weighted by molar-refractivity contribution is 0.559. The molecule has 1 aromatic rings. The van der Waals surface area contributed by atoms with Crippen molar-refractivity contribution in [2.75, 3.05) is 6.54 Å². The van der Waals surface area contributed by atoms with E-state index in [0.29, 0.717) is 6.54 Å². The van der Waals surface area contributed by atoms with Crippen LogP contribution in [0.25, 0.3) is 0 Å². The molecule has 0 aromatic carbocycles. The quantitative estimate of drug-likeness (QED) is 0.672. The predicted molar refractivity (Wildman–Crippen MR) is 41.9 cm³/mol. The second-order valence-electron chi connectivity index (χ2n) is 1.90. The molecule has 0 unspecified atom stereocenters. The van der Waals surface area contributed by atoms with Crippen LogP contribution in [0.5, 0.6) is 0 Å². The molecule has 0 spiro atoms. The van der Waals surface area contributed by atoms with Crippen molar-refractivity contribution in [2.24, 2.45) is 11.5 Å². The molecule has 3 nitrogen and oxygen atoms in total. The van der Waals surface area contributed by atoms with Gasteiger partial charge in [-0.2, -0.15) is 0 Å². The van der Waals surface area contributed by atoms with Gasteiger partial charge in [0, 0.05) is 18.2 Å². The molecule has 0 amide bonds. The Balaban J connectivity index is 0.000000810. The van der Waals surface area contributed by atoms with E-state index in [1.54, 1.807) is 12.5 Å². The minimum Gasteiger partial charge on any atom is -0.472 e. The highest BCUT2D eigenvalue weighted by Gasteiger charge is 2.02. The molecular weight excluding hydrogens is 152 g/mol. The summed E-state index contributed by atoms with van der Waals surface area (Å²) in [4.78, 5) is 0. The fourth-order valence-corrected chi connectivity index (χ4v) is 0.622. The number of rotatable bonds is 2. The van der Waals surface area contributed by atoms with Gasteiger partial charge >= 0.3 is 0 Å². The number of hydrogen-bond acceptors (Lipinski definition) is 3. The Hall–Kier alpha value is -0.510. The molecular formula is C6H11ClN2O. The van der Waals surface area contributed by atoms with Gasteiger partial charge in [-0.05, 0) is 6.07 Å². The summed E-state index contributed by atoms with van der Waals surface area (Å²) in [5, 5.41) is 0. The molecule has 1 atom stereocenters. The predicted octanol–water partition coefficient (Wildman–Crippen LogP) is 0.660. The van der Waals surface area contributed by atoms with Crippen molar-refractivity contribution in [3.63, 3.8) is 0 Å². The Morgan fingerprint density at radius 1 is 1.60 bits per heavy atom. The molecule has 4 heteroatoms. The lowest BCUT2D eigenvalue weighted by atomic mass is 10.2. The maximum atomic E-state index is 5.55. The average molecular weight is 163 g/mol. The van der Waals surface area contributed by atoms with E-state index in [4.69, 9.17) is 15.9 Å². The Morgan fingerprint density at radius 2 is 2.30 bits per heavy atom. The fraction of sp³-hybridized carbons (Fsp3) is 0.333. The third-order valence-corrected chi connectivity index (χ3v) is 1.23. The summed E-state index contributed by atoms with van der Waals surface area (Å²) < 4.78 is 4.80. The lowest BCUT2D eigenvalue weighted by Crippen LogP contribution is -2.19. The normalized spacial score (nSPS) is 12.2. The summed E-state index contributed by atoms with van der Waals surface area (Å²) in [6.07, 6.45) is 3.20. The fourth-order valence-electron chi connectivity index (χ4n) is 0.622. The van der Waals surface area contributed by atoms with Crippen LogP contribution in [0.2, 0.25) is 0 Å². The van der Waals surface area contributed by atoms with Crippen LogP contribution in [0.4, 0.5) is 0 Å². The molecule has 0 bridgehead atoms. The van der Waals surface area contributed by atoms with Gasteiger partial charge in [0.15, 0.2) is 0 Å². The van der Waals surface area contributed by atoms with Gasteiger partial charge in [-0.25, -0.2) is 0 Å². The van der Waals surface area contributed by atoms with Gasteiger partial charge in [0.2, 0.25) is 0 Å². The van der Waals surface area contributed by atoms with E-state index in [0.717, 1.165) is 5.56 Å². The number of furan rings is 1. The van der Waals surface area contributed by atoms with E-state index < -0.39 is 0 Å². The topological polar surface area (TPSA) is 65.2 Å². The summed E-state index contributed by atoms with van der Waals surface area (Å²) in [5.74, 6) is 0. The van der Waals surface area contributed by atoms with E-state index in [-0.39, 0.29) is 18.4 Å². The van der Waals surface area contributed by atoms with E-state index in [9.17, 15) is 0 Å². The summed E-state index contributed by atoms with van der Waals surface area (Å²) in [7, 11) is 0. The van der Waals surface area contributed by atoms with Crippen molar-refractivity contribution < 1.29 is 4.42 Å². The summed E-state index contributed by atoms with van der Waals surface area (Å²) in [6, 6.07) is 1.74. The molecule has 4 N–H and O–H groups in total. The molecule has 0 fully saturated rings. The third kappa shape index (κ3) is 2.02. The van der Waals surface area contributed by atoms with Gasteiger partial charge in [-0.1, -0.05) is 0 Å². The molecule has 58 valence electrons. The van der Waals surface area contributed by atoms with E-state index in [1.807, 2.05) is 6.07 Å². The Kier molecular flexibility index (Phi) is 4.11. The van der Waals surface area contributed by atoms with Gasteiger partial charge < -0.3 is 15.9 Å². The lowest BCUT2D eigenvalue weighted by Gasteiger charge is -2.02. The van der Waals surface area contributed by atoms with Gasteiger partial charge in [-0.3, -0.25) is 0 Å². The van der Waals surface area contributed by atoms with Crippen LogP contribution < -0.4 is 11.5 Å². The third-order valence-electron chi connectivity index (χ3n) is 1.23. The van der Waals surface area contributed by atoms with Gasteiger partial charge in [0.05, 0.1) is 12.5 Å². The molecule has 1 aromatic heterocycles. The van der Waals surface area contributed by atoms with Crippen molar-refractivity contribution >= 4 is 12.4 Å². The first kappa shape index (κ1) is 9.49. The second kappa shape index (κ2) is 4.33. The first-order valence-electron chi connectivity index (χ1n) is 2.82. The van der Waals surface area contributed by atoms with Crippen LogP contribution in [0.3, 0.4) is 0 Å². The molecule has 1 rings (SSSR count). The highest BCUT2D eigenvalue weighted by Crippen LogP contribution is 2.07. The SMILES string of the molecule is Cl.NC[C@@H](N)c1ccoc1. The van der Waals surface area contributed by atoms with Crippen molar-refractivity contribution in [3.8, 4) is 0 Å². The number of nitrogens with two attached hydrogens (primary N) is 2. The monoisotopic (exact) mass is 162 g/mol. The van der Waals surface area contributed by atoms with E-state index in [1.165, 1.54) is 0 Å². The maximum Gasteiger partial charge on any atom is 0.0950 e. The van der Waals surface area contributed by atoms with E-state index >= 15 is 0 Å². The number of halogens is 1. The highest BCUT2D eigenvalue weighted by molar-refractivity contribution is 5.85. The smallest absolute Gasteiger partial charge is 0.0950 e. The second-order valence-corrected chi connectivity index (χ2v) is 1.90. The van der Waals surface area contributed by atoms with Crippen LogP contribution in [-0.2, 0) is 0 Å². The molecule has 10 heavy (non-hydrogen) atoms. The largest absolute Gasteiger partial charge is 0.472 e. The zero-order valence-corrected chi connectivity index (χ0v) is 6.30. The minimum atomic E-state index is -0.0799. The van der Waals surface area contributed by atoms with Gasteiger partial charge in [-0.15, -0.1) is 12.4 Å². The Morgan fingerprint density at radius 3 is 2.70 bits per heavy atom. The van der Waals surface area contributed by atoms with Gasteiger partial charge in [0.1, 0.15) is 0 Å². The molecule has 0 aliphatic rings. The summed E-state index contributed by atoms with van der Waals surface area (Å²) in [5.41, 5.74) is 11.8. The first-order valence-corrected chi connectivity index (χ1v) is 2.82. The molecule has 0 aliphatic heterocycles. The zero-order chi connectivity index (χ0) is 6.69. The van der Waals surface area contributed by atoms with Crippen LogP contribution in [0.1, 0.15) is 11.6 Å². The molecule has 0 radical (unpaired) electrons. The molecule has 0 saturated heterocycles. The summed E-state index contributed by atoms with van der Waals surface area (Å²) >= 11 is 0. The van der Waals surface area contributed by atoms with Crippen LogP contribution in [0, 0.1) is 0 Å².